The van der Waals surface area contributed by atoms with Crippen molar-refractivity contribution < 1.29 is 28.7 Å². The van der Waals surface area contributed by atoms with Crippen molar-refractivity contribution in [2.45, 2.75) is 92.5 Å². The van der Waals surface area contributed by atoms with E-state index in [9.17, 15) is 19.2 Å². The van der Waals surface area contributed by atoms with Crippen LogP contribution in [0.25, 0.3) is 44.6 Å². The van der Waals surface area contributed by atoms with Gasteiger partial charge in [-0.15, -0.1) is 0 Å². The number of fused-ring (bicyclic) bond motifs is 2. The first-order chi connectivity index (χ1) is 24.5. The number of nitrogens with one attached hydrogen (secondary N) is 4. The number of aromatic amines is 2. The molecule has 5 aromatic rings. The molecule has 0 radical (unpaired) electrons. The summed E-state index contributed by atoms with van der Waals surface area (Å²) in [7, 11) is 0. The van der Waals surface area contributed by atoms with E-state index < -0.39 is 23.1 Å². The van der Waals surface area contributed by atoms with Crippen LogP contribution in [0.15, 0.2) is 48.8 Å². The Bertz CT molecular complexity index is 1950. The number of H-pyrrole nitrogens is 2. The van der Waals surface area contributed by atoms with Crippen LogP contribution < -0.4 is 10.6 Å². The third-order valence-corrected chi connectivity index (χ3v) is 8.43. The fourth-order valence-corrected chi connectivity index (χ4v) is 6.49. The smallest absolute Gasteiger partial charge is 0.303 e. The lowest BCUT2D eigenvalue weighted by Gasteiger charge is -2.29. The molecule has 0 aliphatic carbocycles. The Morgan fingerprint density at radius 1 is 0.673 bits per heavy atom. The van der Waals surface area contributed by atoms with E-state index in [1.165, 1.54) is 13.8 Å². The SMILES string of the molecule is CC(=O)OC(C)(CC(C)C)C(=O)NCc1nc2ccc(-c3cnc(-c4ccc5nc(CNC(=O)C(C)(CC(C)C)OC(C)=O)[nH]c5c4)cn3)cc2[nH]1. The van der Waals surface area contributed by atoms with E-state index in [2.05, 4.69) is 40.5 Å². The fourth-order valence-electron chi connectivity index (χ4n) is 6.49. The van der Waals surface area contributed by atoms with Gasteiger partial charge in [0.05, 0.1) is 58.9 Å². The number of carbonyl (C=O) groups is 4. The van der Waals surface area contributed by atoms with Crippen molar-refractivity contribution >= 4 is 45.8 Å². The third-order valence-electron chi connectivity index (χ3n) is 8.43. The zero-order valence-corrected chi connectivity index (χ0v) is 30.8. The Morgan fingerprint density at radius 3 is 1.38 bits per heavy atom. The van der Waals surface area contributed by atoms with Gasteiger partial charge in [0.15, 0.2) is 11.2 Å². The van der Waals surface area contributed by atoms with Crippen LogP contribution >= 0.6 is 0 Å². The van der Waals surface area contributed by atoms with Crippen LogP contribution in [-0.4, -0.2) is 64.9 Å². The van der Waals surface area contributed by atoms with Gasteiger partial charge in [0.1, 0.15) is 11.6 Å². The zero-order valence-electron chi connectivity index (χ0n) is 30.8. The normalized spacial score (nSPS) is 13.9. The average Bonchev–Trinajstić information content (AvgIpc) is 3.67. The van der Waals surface area contributed by atoms with Crippen molar-refractivity contribution in [2.75, 3.05) is 0 Å². The number of esters is 2. The van der Waals surface area contributed by atoms with E-state index in [0.717, 1.165) is 33.2 Å². The van der Waals surface area contributed by atoms with Crippen molar-refractivity contribution in [3.8, 4) is 22.5 Å². The molecule has 14 nitrogen and oxygen atoms in total. The molecule has 2 amide bonds. The first-order valence-corrected chi connectivity index (χ1v) is 17.3. The molecule has 2 unspecified atom stereocenters. The van der Waals surface area contributed by atoms with Gasteiger partial charge < -0.3 is 30.1 Å². The maximum atomic E-state index is 13.0. The topological polar surface area (TPSA) is 194 Å². The summed E-state index contributed by atoms with van der Waals surface area (Å²) in [5.41, 5.74) is 3.43. The van der Waals surface area contributed by atoms with Gasteiger partial charge in [-0.3, -0.25) is 29.1 Å². The van der Waals surface area contributed by atoms with E-state index >= 15 is 0 Å². The molecule has 0 bridgehead atoms. The average molecular weight is 711 g/mol. The molecule has 0 fully saturated rings. The van der Waals surface area contributed by atoms with Gasteiger partial charge in [-0.2, -0.15) is 0 Å². The highest BCUT2D eigenvalue weighted by atomic mass is 16.6. The summed E-state index contributed by atoms with van der Waals surface area (Å²) < 4.78 is 10.8. The minimum atomic E-state index is -1.28. The molecule has 3 heterocycles. The number of nitrogens with zero attached hydrogens (tertiary/aromatic N) is 4. The predicted octanol–water partition coefficient (Wildman–Crippen LogP) is 5.53. The van der Waals surface area contributed by atoms with Gasteiger partial charge in [0, 0.05) is 25.0 Å². The number of hydrogen-bond acceptors (Lipinski definition) is 10. The fraction of sp³-hybridized carbons (Fsp3) is 0.421. The molecule has 3 aromatic heterocycles. The number of imidazole rings is 2. The number of ether oxygens (including phenoxy) is 2. The highest BCUT2D eigenvalue weighted by molar-refractivity contribution is 5.88. The summed E-state index contributed by atoms with van der Waals surface area (Å²) >= 11 is 0. The van der Waals surface area contributed by atoms with Gasteiger partial charge in [0.2, 0.25) is 0 Å². The Labute approximate surface area is 301 Å². The molecule has 274 valence electrons. The van der Waals surface area contributed by atoms with Crippen LogP contribution in [-0.2, 0) is 41.7 Å². The minimum Gasteiger partial charge on any atom is -0.449 e. The van der Waals surface area contributed by atoms with Crippen LogP contribution in [0.3, 0.4) is 0 Å². The van der Waals surface area contributed by atoms with Crippen LogP contribution in [0.1, 0.15) is 79.9 Å². The monoisotopic (exact) mass is 710 g/mol. The second-order valence-electron chi connectivity index (χ2n) is 14.3. The van der Waals surface area contributed by atoms with Crippen LogP contribution in [0.5, 0.6) is 0 Å². The van der Waals surface area contributed by atoms with Crippen molar-refractivity contribution in [2.24, 2.45) is 11.8 Å². The number of amides is 2. The van der Waals surface area contributed by atoms with E-state index in [-0.39, 0.29) is 36.7 Å². The largest absolute Gasteiger partial charge is 0.449 e. The van der Waals surface area contributed by atoms with Crippen molar-refractivity contribution in [3.05, 3.63) is 60.4 Å². The molecule has 2 aromatic carbocycles. The van der Waals surface area contributed by atoms with Crippen molar-refractivity contribution in [1.29, 1.82) is 0 Å². The van der Waals surface area contributed by atoms with Crippen LogP contribution in [0.2, 0.25) is 0 Å². The van der Waals surface area contributed by atoms with E-state index in [1.54, 1.807) is 26.2 Å². The van der Waals surface area contributed by atoms with E-state index in [4.69, 9.17) is 9.47 Å². The van der Waals surface area contributed by atoms with Gasteiger partial charge in [-0.25, -0.2) is 9.97 Å². The molecule has 4 N–H and O–H groups in total. The number of carbonyl (C=O) groups excluding carboxylic acids is 4. The Kier molecular flexibility index (Phi) is 11.1. The van der Waals surface area contributed by atoms with Gasteiger partial charge in [-0.05, 0) is 62.8 Å². The van der Waals surface area contributed by atoms with Crippen molar-refractivity contribution in [3.63, 3.8) is 0 Å². The second kappa shape index (κ2) is 15.3. The van der Waals surface area contributed by atoms with Gasteiger partial charge >= 0.3 is 11.9 Å². The Hall–Kier alpha value is -5.66. The summed E-state index contributed by atoms with van der Waals surface area (Å²) in [4.78, 5) is 74.4. The minimum absolute atomic E-state index is 0.136. The third kappa shape index (κ3) is 8.97. The van der Waals surface area contributed by atoms with E-state index in [1.807, 2.05) is 64.1 Å². The van der Waals surface area contributed by atoms with Gasteiger partial charge in [0.25, 0.3) is 11.8 Å². The number of benzene rings is 2. The lowest BCUT2D eigenvalue weighted by Crippen LogP contribution is -2.48. The molecule has 14 heteroatoms. The standard InChI is InChI=1S/C38H46N8O6/c1-21(2)15-37(7,51-23(5)47)35(49)41-19-33-43-27-11-9-25(13-29(27)45-33)31-17-40-32(18-39-31)26-10-12-28-30(14-26)46-34(44-28)20-42-36(50)38(8,16-22(3)4)52-24(6)48/h9-14,17-18,21-22H,15-16,19-20H2,1-8H3,(H,41,49)(H,42,50)(H,43,45)(H,44,46). The Balaban J connectivity index is 1.25. The number of aromatic nitrogens is 6. The molecule has 0 saturated carbocycles. The zero-order chi connectivity index (χ0) is 37.8. The highest BCUT2D eigenvalue weighted by Crippen LogP contribution is 2.27. The highest BCUT2D eigenvalue weighted by Gasteiger charge is 2.38. The summed E-state index contributed by atoms with van der Waals surface area (Å²) in [6.45, 7) is 14.0. The maximum Gasteiger partial charge on any atom is 0.303 e. The summed E-state index contributed by atoms with van der Waals surface area (Å²) in [5, 5.41) is 5.70. The quantitative estimate of drug-likeness (QED) is 0.106. The lowest BCUT2D eigenvalue weighted by molar-refractivity contribution is -0.166. The molecule has 0 aliphatic rings. The first kappa shape index (κ1) is 37.6. The summed E-state index contributed by atoms with van der Waals surface area (Å²) in [6, 6.07) is 11.4. The lowest BCUT2D eigenvalue weighted by atomic mass is 9.93. The summed E-state index contributed by atoms with van der Waals surface area (Å²) in [6.07, 6.45) is 4.18. The van der Waals surface area contributed by atoms with Gasteiger partial charge in [-0.1, -0.05) is 39.8 Å². The predicted molar refractivity (Wildman–Crippen MR) is 195 cm³/mol. The number of hydrogen-bond donors (Lipinski definition) is 4. The Morgan fingerprint density at radius 2 is 1.06 bits per heavy atom. The van der Waals surface area contributed by atoms with Crippen LogP contribution in [0, 0.1) is 11.8 Å². The molecular weight excluding hydrogens is 664 g/mol. The maximum absolute atomic E-state index is 13.0. The molecule has 0 spiro atoms. The van der Waals surface area contributed by atoms with E-state index in [0.29, 0.717) is 35.9 Å². The van der Waals surface area contributed by atoms with Crippen molar-refractivity contribution in [1.82, 2.24) is 40.5 Å². The summed E-state index contributed by atoms with van der Waals surface area (Å²) in [5.74, 6) is -0.383. The van der Waals surface area contributed by atoms with Crippen LogP contribution in [0.4, 0.5) is 0 Å². The molecule has 52 heavy (non-hydrogen) atoms. The molecule has 0 aliphatic heterocycles. The molecular formula is C38H46N8O6. The molecule has 5 rings (SSSR count). The number of rotatable bonds is 14. The first-order valence-electron chi connectivity index (χ1n) is 17.3. The molecule has 0 saturated heterocycles. The second-order valence-corrected chi connectivity index (χ2v) is 14.3. The molecule has 2 atom stereocenters.